The zero-order valence-electron chi connectivity index (χ0n) is 6.20. The Bertz CT molecular complexity index is 322. The van der Waals surface area contributed by atoms with E-state index in [1.54, 1.807) is 0 Å². The van der Waals surface area contributed by atoms with Crippen molar-refractivity contribution in [3.05, 3.63) is 26.0 Å². The third-order valence-electron chi connectivity index (χ3n) is 1.42. The van der Waals surface area contributed by atoms with E-state index in [0.29, 0.717) is 14.6 Å². The Morgan fingerprint density at radius 3 is 2.69 bits per heavy atom. The summed E-state index contributed by atoms with van der Waals surface area (Å²) in [6, 6.07) is 0. The van der Waals surface area contributed by atoms with Gasteiger partial charge in [-0.3, -0.25) is 4.98 Å². The fourth-order valence-corrected chi connectivity index (χ4v) is 2.59. The van der Waals surface area contributed by atoms with Crippen LogP contribution in [0.4, 0.5) is 8.78 Å². The first-order chi connectivity index (χ1) is 6.07. The Morgan fingerprint density at radius 2 is 2.23 bits per heavy atom. The third-order valence-corrected chi connectivity index (χ3v) is 3.84. The Kier molecular flexibility index (Phi) is 4.31. The molecule has 1 nitrogen and oxygen atoms in total. The van der Waals surface area contributed by atoms with E-state index < -0.39 is 6.43 Å². The van der Waals surface area contributed by atoms with E-state index in [9.17, 15) is 8.78 Å². The van der Waals surface area contributed by atoms with Gasteiger partial charge in [-0.2, -0.15) is 0 Å². The second kappa shape index (κ2) is 4.84. The van der Waals surface area contributed by atoms with Crippen molar-refractivity contribution in [1.82, 2.24) is 4.98 Å². The number of halogens is 5. The lowest BCUT2D eigenvalue weighted by atomic mass is 10.2. The average molecular weight is 382 g/mol. The standard InChI is InChI=1S/C7H4BrClF2IN/c8-1-4-6(12)5(9)3(2-13-4)7(10)11/h2,7H,1H2. The van der Waals surface area contributed by atoms with Gasteiger partial charge in [0.25, 0.3) is 6.43 Å². The molecule has 72 valence electrons. The molecule has 0 radical (unpaired) electrons. The molecule has 0 atom stereocenters. The highest BCUT2D eigenvalue weighted by atomic mass is 127. The van der Waals surface area contributed by atoms with Gasteiger partial charge in [0.2, 0.25) is 0 Å². The lowest BCUT2D eigenvalue weighted by Gasteiger charge is -2.06. The van der Waals surface area contributed by atoms with Gasteiger partial charge >= 0.3 is 0 Å². The van der Waals surface area contributed by atoms with Crippen LogP contribution in [0.15, 0.2) is 6.20 Å². The highest BCUT2D eigenvalue weighted by Crippen LogP contribution is 2.31. The predicted molar refractivity (Wildman–Crippen MR) is 59.6 cm³/mol. The molecule has 0 aliphatic rings. The van der Waals surface area contributed by atoms with E-state index in [2.05, 4.69) is 20.9 Å². The third kappa shape index (κ3) is 2.50. The van der Waals surface area contributed by atoms with E-state index in [4.69, 9.17) is 11.6 Å². The van der Waals surface area contributed by atoms with Crippen molar-refractivity contribution in [2.75, 3.05) is 0 Å². The molecular formula is C7H4BrClF2IN. The molecule has 1 rings (SSSR count). The van der Waals surface area contributed by atoms with Crippen LogP contribution in [0.25, 0.3) is 0 Å². The van der Waals surface area contributed by atoms with Gasteiger partial charge in [-0.15, -0.1) is 0 Å². The van der Waals surface area contributed by atoms with Crippen LogP contribution in [-0.4, -0.2) is 4.98 Å². The molecule has 1 aromatic rings. The summed E-state index contributed by atoms with van der Waals surface area (Å²) < 4.78 is 25.2. The largest absolute Gasteiger partial charge is 0.266 e. The second-order valence-corrected chi connectivity index (χ2v) is 4.24. The van der Waals surface area contributed by atoms with Crippen LogP contribution >= 0.6 is 50.1 Å². The maximum atomic E-state index is 12.3. The molecule has 0 aliphatic heterocycles. The number of hydrogen-bond donors (Lipinski definition) is 0. The molecule has 0 N–H and O–H groups in total. The van der Waals surface area contributed by atoms with E-state index in [1.165, 1.54) is 0 Å². The van der Waals surface area contributed by atoms with Crippen molar-refractivity contribution in [2.24, 2.45) is 0 Å². The van der Waals surface area contributed by atoms with Gasteiger partial charge in [-0.05, 0) is 22.6 Å². The summed E-state index contributed by atoms with van der Waals surface area (Å²) in [5.74, 6) is 0. The number of hydrogen-bond acceptors (Lipinski definition) is 1. The summed E-state index contributed by atoms with van der Waals surface area (Å²) in [5.41, 5.74) is 0.464. The summed E-state index contributed by atoms with van der Waals surface area (Å²) in [6.07, 6.45) is -1.45. The average Bonchev–Trinajstić information content (AvgIpc) is 2.09. The van der Waals surface area contributed by atoms with Crippen molar-refractivity contribution in [1.29, 1.82) is 0 Å². The lowest BCUT2D eigenvalue weighted by molar-refractivity contribution is 0.151. The molecule has 6 heteroatoms. The normalized spacial score (nSPS) is 10.9. The van der Waals surface area contributed by atoms with Crippen molar-refractivity contribution in [3.8, 4) is 0 Å². The fourth-order valence-electron chi connectivity index (χ4n) is 0.760. The van der Waals surface area contributed by atoms with Gasteiger partial charge in [-0.25, -0.2) is 8.78 Å². The van der Waals surface area contributed by atoms with Crippen LogP contribution in [0.5, 0.6) is 0 Å². The van der Waals surface area contributed by atoms with Crippen LogP contribution in [0, 0.1) is 3.57 Å². The number of rotatable bonds is 2. The zero-order valence-corrected chi connectivity index (χ0v) is 10.7. The van der Waals surface area contributed by atoms with E-state index in [0.717, 1.165) is 6.20 Å². The SMILES string of the molecule is FC(F)c1cnc(CBr)c(I)c1Cl. The second-order valence-electron chi connectivity index (χ2n) is 2.22. The Hall–Kier alpha value is 0.510. The molecule has 0 bridgehead atoms. The van der Waals surface area contributed by atoms with Gasteiger partial charge in [0.1, 0.15) is 0 Å². The topological polar surface area (TPSA) is 12.9 Å². The minimum absolute atomic E-state index is 0.0973. The fraction of sp³-hybridized carbons (Fsp3) is 0.286. The molecule has 1 heterocycles. The highest BCUT2D eigenvalue weighted by molar-refractivity contribution is 14.1. The van der Waals surface area contributed by atoms with Crippen LogP contribution in [0.2, 0.25) is 5.02 Å². The van der Waals surface area contributed by atoms with E-state index in [1.807, 2.05) is 22.6 Å². The monoisotopic (exact) mass is 381 g/mol. The summed E-state index contributed by atoms with van der Waals surface area (Å²) in [4.78, 5) is 3.86. The number of pyridine rings is 1. The first-order valence-corrected chi connectivity index (χ1v) is 5.82. The number of alkyl halides is 3. The van der Waals surface area contributed by atoms with Crippen molar-refractivity contribution in [2.45, 2.75) is 11.8 Å². The van der Waals surface area contributed by atoms with Crippen LogP contribution in [0.1, 0.15) is 17.7 Å². The molecule has 0 amide bonds. The van der Waals surface area contributed by atoms with Crippen molar-refractivity contribution in [3.63, 3.8) is 0 Å². The molecule has 13 heavy (non-hydrogen) atoms. The molecule has 0 fully saturated rings. The summed E-state index contributed by atoms with van der Waals surface area (Å²) in [5, 5.41) is 0.606. The molecule has 1 aromatic heterocycles. The molecule has 0 saturated heterocycles. The maximum Gasteiger partial charge on any atom is 0.266 e. The summed E-state index contributed by atoms with van der Waals surface area (Å²) >= 11 is 10.8. The van der Waals surface area contributed by atoms with Gasteiger partial charge in [0.15, 0.2) is 0 Å². The summed E-state index contributed by atoms with van der Waals surface area (Å²) in [6.45, 7) is 0. The van der Waals surface area contributed by atoms with Gasteiger partial charge in [0, 0.05) is 11.5 Å². The van der Waals surface area contributed by atoms with E-state index in [-0.39, 0.29) is 10.6 Å². The highest BCUT2D eigenvalue weighted by Gasteiger charge is 2.16. The van der Waals surface area contributed by atoms with Crippen molar-refractivity contribution >= 4 is 50.1 Å². The lowest BCUT2D eigenvalue weighted by Crippen LogP contribution is -1.96. The minimum atomic E-state index is -2.57. The molecule has 0 saturated carbocycles. The van der Waals surface area contributed by atoms with Crippen LogP contribution < -0.4 is 0 Å². The van der Waals surface area contributed by atoms with Crippen LogP contribution in [0.3, 0.4) is 0 Å². The van der Waals surface area contributed by atoms with Crippen molar-refractivity contribution < 1.29 is 8.78 Å². The smallest absolute Gasteiger partial charge is 0.259 e. The van der Waals surface area contributed by atoms with Gasteiger partial charge in [0.05, 0.1) is 19.9 Å². The molecule has 0 spiro atoms. The van der Waals surface area contributed by atoms with Crippen LogP contribution in [-0.2, 0) is 5.33 Å². The molecule has 0 unspecified atom stereocenters. The molecule has 0 aromatic carbocycles. The molecule has 0 aliphatic carbocycles. The molecular weight excluding hydrogens is 378 g/mol. The Labute approximate surface area is 101 Å². The summed E-state index contributed by atoms with van der Waals surface area (Å²) in [7, 11) is 0. The quantitative estimate of drug-likeness (QED) is 0.553. The van der Waals surface area contributed by atoms with Gasteiger partial charge < -0.3 is 0 Å². The van der Waals surface area contributed by atoms with E-state index >= 15 is 0 Å². The number of aromatic nitrogens is 1. The zero-order chi connectivity index (χ0) is 10.0. The Balaban J connectivity index is 3.23. The minimum Gasteiger partial charge on any atom is -0.259 e. The maximum absolute atomic E-state index is 12.3. The number of nitrogens with zero attached hydrogens (tertiary/aromatic N) is 1. The predicted octanol–water partition coefficient (Wildman–Crippen LogP) is 4.17. The first-order valence-electron chi connectivity index (χ1n) is 3.24. The first kappa shape index (κ1) is 11.6. The van der Waals surface area contributed by atoms with Gasteiger partial charge in [-0.1, -0.05) is 27.5 Å². The Morgan fingerprint density at radius 1 is 1.62 bits per heavy atom.